The normalized spacial score (nSPS) is 10.6. The third-order valence-electron chi connectivity index (χ3n) is 3.85. The molecule has 0 radical (unpaired) electrons. The van der Waals surface area contributed by atoms with Crippen LogP contribution in [0.15, 0.2) is 53.1 Å². The smallest absolute Gasteiger partial charge is 0.306 e. The Kier molecular flexibility index (Phi) is 5.98. The van der Waals surface area contributed by atoms with E-state index in [2.05, 4.69) is 10.1 Å². The largest absolute Gasteiger partial charge is 0.457 e. The maximum absolute atomic E-state index is 12.0. The zero-order valence-corrected chi connectivity index (χ0v) is 15.4. The summed E-state index contributed by atoms with van der Waals surface area (Å²) < 4.78 is 10.2. The fraction of sp³-hybridized carbons (Fsp3) is 0.200. The predicted molar refractivity (Wildman–Crippen MR) is 99.5 cm³/mol. The summed E-state index contributed by atoms with van der Waals surface area (Å²) in [6.45, 7) is 1.67. The Balaban J connectivity index is 1.47. The number of aryl methyl sites for hydroxylation is 2. The molecule has 0 aliphatic rings. The second-order valence-corrected chi connectivity index (χ2v) is 6.40. The lowest BCUT2D eigenvalue weighted by atomic mass is 10.1. The van der Waals surface area contributed by atoms with Gasteiger partial charge < -0.3 is 9.26 Å². The Labute approximate surface area is 161 Å². The van der Waals surface area contributed by atoms with Crippen LogP contribution in [-0.4, -0.2) is 28.5 Å². The number of nitrogens with zero attached hydrogens (tertiary/aromatic N) is 2. The van der Waals surface area contributed by atoms with Crippen molar-refractivity contribution in [1.29, 1.82) is 0 Å². The van der Waals surface area contributed by atoms with Crippen LogP contribution >= 0.6 is 11.6 Å². The number of carbonyl (C=O) groups excluding carboxylic acids is 2. The first kappa shape index (κ1) is 18.8. The third-order valence-corrected chi connectivity index (χ3v) is 4.10. The highest BCUT2D eigenvalue weighted by molar-refractivity contribution is 6.30. The van der Waals surface area contributed by atoms with Gasteiger partial charge in [0.1, 0.15) is 0 Å². The molecule has 138 valence electrons. The van der Waals surface area contributed by atoms with Crippen molar-refractivity contribution >= 4 is 23.4 Å². The van der Waals surface area contributed by atoms with Gasteiger partial charge in [-0.15, -0.1) is 0 Å². The topological polar surface area (TPSA) is 82.3 Å². The number of ether oxygens (including phenoxy) is 1. The number of hydrogen-bond acceptors (Lipinski definition) is 6. The average molecular weight is 385 g/mol. The Morgan fingerprint density at radius 3 is 2.48 bits per heavy atom. The van der Waals surface area contributed by atoms with E-state index in [9.17, 15) is 9.59 Å². The summed E-state index contributed by atoms with van der Waals surface area (Å²) in [5.41, 5.74) is 2.41. The van der Waals surface area contributed by atoms with Crippen LogP contribution in [0.2, 0.25) is 5.02 Å². The molecule has 0 atom stereocenters. The zero-order chi connectivity index (χ0) is 19.2. The summed E-state index contributed by atoms with van der Waals surface area (Å²) in [5.74, 6) is 0.00898. The van der Waals surface area contributed by atoms with E-state index in [0.717, 1.165) is 11.1 Å². The number of hydrogen-bond donors (Lipinski definition) is 0. The quantitative estimate of drug-likeness (QED) is 0.451. The summed E-state index contributed by atoms with van der Waals surface area (Å²) in [6, 6.07) is 14.1. The molecule has 27 heavy (non-hydrogen) atoms. The molecule has 7 heteroatoms. The standard InChI is InChI=1S/C20H17ClN2O4/c1-13-2-4-15(5-3-13)20-22-18(27-23-20)10-11-19(25)26-12-17(24)14-6-8-16(21)9-7-14/h2-9H,10-12H2,1H3. The molecule has 3 rings (SSSR count). The highest BCUT2D eigenvalue weighted by Gasteiger charge is 2.13. The van der Waals surface area contributed by atoms with Gasteiger partial charge in [0.2, 0.25) is 11.7 Å². The Morgan fingerprint density at radius 1 is 1.07 bits per heavy atom. The van der Waals surface area contributed by atoms with Gasteiger partial charge >= 0.3 is 5.97 Å². The number of halogens is 1. The lowest BCUT2D eigenvalue weighted by molar-refractivity contribution is -0.142. The van der Waals surface area contributed by atoms with E-state index in [0.29, 0.717) is 22.3 Å². The summed E-state index contributed by atoms with van der Waals surface area (Å²) >= 11 is 5.77. The van der Waals surface area contributed by atoms with Gasteiger partial charge in [0.15, 0.2) is 12.4 Å². The molecule has 0 aliphatic carbocycles. The van der Waals surface area contributed by atoms with Crippen molar-refractivity contribution in [2.45, 2.75) is 19.8 Å². The van der Waals surface area contributed by atoms with E-state index in [4.69, 9.17) is 20.9 Å². The van der Waals surface area contributed by atoms with Crippen LogP contribution in [0.1, 0.15) is 28.2 Å². The first-order chi connectivity index (χ1) is 13.0. The van der Waals surface area contributed by atoms with E-state index in [-0.39, 0.29) is 25.2 Å². The maximum Gasteiger partial charge on any atom is 0.306 e. The molecular weight excluding hydrogens is 368 g/mol. The predicted octanol–water partition coefficient (Wildman–Crippen LogP) is 4.06. The van der Waals surface area contributed by atoms with Gasteiger partial charge in [0.05, 0.1) is 6.42 Å². The highest BCUT2D eigenvalue weighted by Crippen LogP contribution is 2.17. The number of benzene rings is 2. The monoisotopic (exact) mass is 384 g/mol. The van der Waals surface area contributed by atoms with Crippen molar-refractivity contribution in [3.05, 3.63) is 70.6 Å². The van der Waals surface area contributed by atoms with Gasteiger partial charge in [-0.25, -0.2) is 0 Å². The van der Waals surface area contributed by atoms with Crippen LogP contribution < -0.4 is 0 Å². The summed E-state index contributed by atoms with van der Waals surface area (Å²) in [4.78, 5) is 28.1. The second-order valence-electron chi connectivity index (χ2n) is 5.97. The Morgan fingerprint density at radius 2 is 1.78 bits per heavy atom. The SMILES string of the molecule is Cc1ccc(-c2noc(CCC(=O)OCC(=O)c3ccc(Cl)cc3)n2)cc1. The van der Waals surface area contributed by atoms with E-state index in [1.54, 1.807) is 24.3 Å². The molecular formula is C20H17ClN2O4. The van der Waals surface area contributed by atoms with Crippen LogP contribution in [0.3, 0.4) is 0 Å². The molecule has 0 fully saturated rings. The molecule has 0 aliphatic heterocycles. The minimum absolute atomic E-state index is 0.0451. The van der Waals surface area contributed by atoms with Crippen LogP contribution in [0.4, 0.5) is 0 Å². The van der Waals surface area contributed by atoms with E-state index in [1.165, 1.54) is 0 Å². The minimum atomic E-state index is -0.507. The van der Waals surface area contributed by atoms with Gasteiger partial charge in [-0.2, -0.15) is 4.98 Å². The molecule has 1 heterocycles. The minimum Gasteiger partial charge on any atom is -0.457 e. The molecule has 0 bridgehead atoms. The van der Waals surface area contributed by atoms with Crippen molar-refractivity contribution in [3.8, 4) is 11.4 Å². The van der Waals surface area contributed by atoms with Gasteiger partial charge in [0.25, 0.3) is 0 Å². The second kappa shape index (κ2) is 8.60. The fourth-order valence-corrected chi connectivity index (χ4v) is 2.45. The van der Waals surface area contributed by atoms with Crippen LogP contribution in [0.25, 0.3) is 11.4 Å². The lowest BCUT2D eigenvalue weighted by Crippen LogP contribution is -2.14. The number of rotatable bonds is 7. The number of Topliss-reactive ketones (excluding diaryl/α,β-unsaturated/α-hetero) is 1. The van der Waals surface area contributed by atoms with Crippen molar-refractivity contribution in [1.82, 2.24) is 10.1 Å². The average Bonchev–Trinajstić information content (AvgIpc) is 3.14. The van der Waals surface area contributed by atoms with Crippen molar-refractivity contribution < 1.29 is 18.8 Å². The zero-order valence-electron chi connectivity index (χ0n) is 14.6. The molecule has 1 aromatic heterocycles. The Bertz CT molecular complexity index is 933. The number of ketones is 1. The summed E-state index contributed by atoms with van der Waals surface area (Å²) in [6.07, 6.45) is 0.288. The van der Waals surface area contributed by atoms with Crippen LogP contribution in [0.5, 0.6) is 0 Å². The highest BCUT2D eigenvalue weighted by atomic mass is 35.5. The van der Waals surface area contributed by atoms with Gasteiger partial charge in [-0.05, 0) is 31.2 Å². The van der Waals surface area contributed by atoms with Crippen molar-refractivity contribution in [2.24, 2.45) is 0 Å². The first-order valence-corrected chi connectivity index (χ1v) is 8.73. The van der Waals surface area contributed by atoms with E-state index < -0.39 is 5.97 Å². The van der Waals surface area contributed by atoms with Gasteiger partial charge in [-0.3, -0.25) is 9.59 Å². The molecule has 0 saturated heterocycles. The number of esters is 1. The lowest BCUT2D eigenvalue weighted by Gasteiger charge is -2.03. The van der Waals surface area contributed by atoms with E-state index in [1.807, 2.05) is 31.2 Å². The van der Waals surface area contributed by atoms with Crippen molar-refractivity contribution in [3.63, 3.8) is 0 Å². The fourth-order valence-electron chi connectivity index (χ4n) is 2.32. The van der Waals surface area contributed by atoms with Crippen LogP contribution in [-0.2, 0) is 16.0 Å². The molecule has 0 N–H and O–H groups in total. The van der Waals surface area contributed by atoms with Crippen LogP contribution in [0, 0.1) is 6.92 Å². The molecule has 0 saturated carbocycles. The summed E-state index contributed by atoms with van der Waals surface area (Å²) in [5, 5.41) is 4.45. The molecule has 0 spiro atoms. The number of carbonyl (C=O) groups is 2. The van der Waals surface area contributed by atoms with Gasteiger partial charge in [-0.1, -0.05) is 46.6 Å². The Hall–Kier alpha value is -2.99. The molecule has 3 aromatic rings. The van der Waals surface area contributed by atoms with Gasteiger partial charge in [0, 0.05) is 22.6 Å². The molecule has 0 amide bonds. The third kappa shape index (κ3) is 5.24. The molecule has 2 aromatic carbocycles. The molecule has 6 nitrogen and oxygen atoms in total. The first-order valence-electron chi connectivity index (χ1n) is 8.35. The maximum atomic E-state index is 12.0. The van der Waals surface area contributed by atoms with E-state index >= 15 is 0 Å². The summed E-state index contributed by atoms with van der Waals surface area (Å²) in [7, 11) is 0. The number of aromatic nitrogens is 2. The van der Waals surface area contributed by atoms with Crippen molar-refractivity contribution in [2.75, 3.05) is 6.61 Å². The molecule has 0 unspecified atom stereocenters.